The van der Waals surface area contributed by atoms with E-state index in [1.54, 1.807) is 0 Å². The predicted octanol–water partition coefficient (Wildman–Crippen LogP) is 3.10. The van der Waals surface area contributed by atoms with Crippen LogP contribution in [0.25, 0.3) is 0 Å². The molecule has 4 aliphatic carbocycles. The molecule has 0 aromatic rings. The minimum absolute atomic E-state index is 0.0720. The van der Waals surface area contributed by atoms with Gasteiger partial charge < -0.3 is 15.0 Å². The van der Waals surface area contributed by atoms with E-state index in [1.165, 1.54) is 5.57 Å². The van der Waals surface area contributed by atoms with Crippen molar-refractivity contribution in [2.24, 2.45) is 34.5 Å². The van der Waals surface area contributed by atoms with Crippen LogP contribution in [0.2, 0.25) is 0 Å². The lowest BCUT2D eigenvalue weighted by Crippen LogP contribution is -2.52. The van der Waals surface area contributed by atoms with Crippen LogP contribution in [-0.2, 0) is 4.79 Å². The summed E-state index contributed by atoms with van der Waals surface area (Å²) in [4.78, 5) is 11.4. The third kappa shape index (κ3) is 2.05. The Morgan fingerprint density at radius 1 is 1.17 bits per heavy atom. The molecule has 0 amide bonds. The number of aldehydes is 1. The molecular formula is C20H30O3. The van der Waals surface area contributed by atoms with E-state index in [-0.39, 0.29) is 22.9 Å². The van der Waals surface area contributed by atoms with Gasteiger partial charge in [-0.2, -0.15) is 0 Å². The van der Waals surface area contributed by atoms with Gasteiger partial charge in [0.05, 0.1) is 12.2 Å². The highest BCUT2D eigenvalue weighted by Gasteiger charge is 2.59. The lowest BCUT2D eigenvalue weighted by atomic mass is 9.47. The fourth-order valence-electron chi connectivity index (χ4n) is 6.87. The first kappa shape index (κ1) is 15.8. The highest BCUT2D eigenvalue weighted by Crippen LogP contribution is 2.65. The Morgan fingerprint density at radius 2 is 1.96 bits per heavy atom. The number of allylic oxidation sites excluding steroid dienone is 1. The molecule has 2 N–H and O–H groups in total. The Balaban J connectivity index is 1.68. The summed E-state index contributed by atoms with van der Waals surface area (Å²) in [7, 11) is 0. The number of carbonyl (C=O) groups excluding carboxylic acids is 1. The van der Waals surface area contributed by atoms with E-state index in [0.29, 0.717) is 24.2 Å². The van der Waals surface area contributed by atoms with Crippen molar-refractivity contribution in [3.05, 3.63) is 11.6 Å². The van der Waals surface area contributed by atoms with Gasteiger partial charge in [0.15, 0.2) is 0 Å². The lowest BCUT2D eigenvalue weighted by molar-refractivity contribution is -0.120. The van der Waals surface area contributed by atoms with Crippen molar-refractivity contribution < 1.29 is 15.0 Å². The van der Waals surface area contributed by atoms with Crippen LogP contribution in [0.4, 0.5) is 0 Å². The number of aliphatic hydroxyl groups is 2. The lowest BCUT2D eigenvalue weighted by Gasteiger charge is -2.58. The van der Waals surface area contributed by atoms with Crippen LogP contribution in [0.1, 0.15) is 58.8 Å². The number of hydrogen-bond donors (Lipinski definition) is 2. The maximum absolute atomic E-state index is 11.4. The maximum Gasteiger partial charge on any atom is 0.125 e. The third-order valence-electron chi connectivity index (χ3n) is 8.33. The molecular weight excluding hydrogens is 288 g/mol. The molecule has 0 bridgehead atoms. The van der Waals surface area contributed by atoms with Crippen LogP contribution < -0.4 is 0 Å². The summed E-state index contributed by atoms with van der Waals surface area (Å²) in [6.07, 6.45) is 9.66. The van der Waals surface area contributed by atoms with Crippen molar-refractivity contribution in [1.29, 1.82) is 0 Å². The molecule has 3 saturated carbocycles. The SMILES string of the molecule is C[C@]12CC(C=O)C(O)CC1=CC[C@@H]1[C@H]2CC[C@]2(C)C(O)CC[C@@H]12. The number of carbonyl (C=O) groups is 1. The van der Waals surface area contributed by atoms with Crippen LogP contribution in [0.3, 0.4) is 0 Å². The van der Waals surface area contributed by atoms with E-state index in [9.17, 15) is 15.0 Å². The number of fused-ring (bicyclic) bond motifs is 5. The minimum atomic E-state index is -0.495. The Hall–Kier alpha value is -0.670. The zero-order chi connectivity index (χ0) is 16.4. The summed E-state index contributed by atoms with van der Waals surface area (Å²) in [5.74, 6) is 1.66. The molecule has 0 heterocycles. The molecule has 3 nitrogen and oxygen atoms in total. The van der Waals surface area contributed by atoms with E-state index in [4.69, 9.17) is 0 Å². The quantitative estimate of drug-likeness (QED) is 0.577. The van der Waals surface area contributed by atoms with Crippen LogP contribution in [0.15, 0.2) is 11.6 Å². The Kier molecular flexibility index (Phi) is 3.55. The summed E-state index contributed by atoms with van der Waals surface area (Å²) in [5.41, 5.74) is 1.57. The van der Waals surface area contributed by atoms with Crippen molar-refractivity contribution in [2.45, 2.75) is 71.0 Å². The topological polar surface area (TPSA) is 57.5 Å². The fourth-order valence-corrected chi connectivity index (χ4v) is 6.87. The highest BCUT2D eigenvalue weighted by atomic mass is 16.3. The molecule has 3 fully saturated rings. The molecule has 0 aromatic carbocycles. The van der Waals surface area contributed by atoms with Crippen LogP contribution >= 0.6 is 0 Å². The van der Waals surface area contributed by atoms with Gasteiger partial charge in [-0.05, 0) is 73.5 Å². The van der Waals surface area contributed by atoms with Crippen LogP contribution in [-0.4, -0.2) is 28.7 Å². The Bertz CT molecular complexity index is 541. The second kappa shape index (κ2) is 5.16. The first-order chi connectivity index (χ1) is 10.9. The van der Waals surface area contributed by atoms with Crippen LogP contribution in [0.5, 0.6) is 0 Å². The van der Waals surface area contributed by atoms with Gasteiger partial charge in [-0.3, -0.25) is 0 Å². The molecule has 0 saturated heterocycles. The number of rotatable bonds is 1. The van der Waals surface area contributed by atoms with Gasteiger partial charge in [-0.25, -0.2) is 0 Å². The zero-order valence-corrected chi connectivity index (χ0v) is 14.4. The third-order valence-corrected chi connectivity index (χ3v) is 8.33. The first-order valence-electron chi connectivity index (χ1n) is 9.41. The minimum Gasteiger partial charge on any atom is -0.393 e. The molecule has 4 aliphatic rings. The van der Waals surface area contributed by atoms with Gasteiger partial charge in [0.25, 0.3) is 0 Å². The zero-order valence-electron chi connectivity index (χ0n) is 14.4. The molecule has 3 unspecified atom stereocenters. The van der Waals surface area contributed by atoms with Gasteiger partial charge in [0.2, 0.25) is 0 Å². The average Bonchev–Trinajstić information content (AvgIpc) is 2.83. The summed E-state index contributed by atoms with van der Waals surface area (Å²) >= 11 is 0. The van der Waals surface area contributed by atoms with Gasteiger partial charge in [0.1, 0.15) is 6.29 Å². The number of hydrogen-bond acceptors (Lipinski definition) is 3. The molecule has 4 rings (SSSR count). The molecule has 3 heteroatoms. The largest absolute Gasteiger partial charge is 0.393 e. The molecule has 23 heavy (non-hydrogen) atoms. The van der Waals surface area contributed by atoms with Crippen molar-refractivity contribution in [1.82, 2.24) is 0 Å². The van der Waals surface area contributed by atoms with E-state index in [0.717, 1.165) is 44.8 Å². The van der Waals surface area contributed by atoms with Gasteiger partial charge in [-0.15, -0.1) is 0 Å². The van der Waals surface area contributed by atoms with E-state index in [2.05, 4.69) is 19.9 Å². The summed E-state index contributed by atoms with van der Waals surface area (Å²) in [6, 6.07) is 0. The summed E-state index contributed by atoms with van der Waals surface area (Å²) in [6.45, 7) is 4.64. The predicted molar refractivity (Wildman–Crippen MR) is 88.7 cm³/mol. The smallest absolute Gasteiger partial charge is 0.125 e. The number of aliphatic hydroxyl groups excluding tert-OH is 2. The van der Waals surface area contributed by atoms with Crippen molar-refractivity contribution in [2.75, 3.05) is 0 Å². The van der Waals surface area contributed by atoms with Crippen molar-refractivity contribution in [3.8, 4) is 0 Å². The second-order valence-electron chi connectivity index (χ2n) is 9.17. The van der Waals surface area contributed by atoms with Crippen molar-refractivity contribution >= 4 is 6.29 Å². The molecule has 0 aromatic heterocycles. The first-order valence-corrected chi connectivity index (χ1v) is 9.41. The van der Waals surface area contributed by atoms with Crippen molar-refractivity contribution in [3.63, 3.8) is 0 Å². The molecule has 0 aliphatic heterocycles. The highest BCUT2D eigenvalue weighted by molar-refractivity contribution is 5.56. The van der Waals surface area contributed by atoms with Gasteiger partial charge >= 0.3 is 0 Å². The molecule has 0 spiro atoms. The standard InChI is InChI=1S/C20H30O3/c1-19-8-7-16-14(15(19)5-6-18(19)23)4-3-13-9-17(22)12(11-21)10-20(13,16)2/h3,11-12,14-18,22-23H,4-10H2,1-2H3/t12?,14-,15-,16+,17?,18?,19-,20-/m0/s1. The molecule has 0 radical (unpaired) electrons. The Morgan fingerprint density at radius 3 is 2.70 bits per heavy atom. The summed E-state index contributed by atoms with van der Waals surface area (Å²) in [5, 5.41) is 20.7. The van der Waals surface area contributed by atoms with Gasteiger partial charge in [-0.1, -0.05) is 25.5 Å². The van der Waals surface area contributed by atoms with Crippen LogP contribution in [0, 0.1) is 34.5 Å². The monoisotopic (exact) mass is 318 g/mol. The van der Waals surface area contributed by atoms with E-state index >= 15 is 0 Å². The molecule has 128 valence electrons. The summed E-state index contributed by atoms with van der Waals surface area (Å²) < 4.78 is 0. The maximum atomic E-state index is 11.4. The molecule has 8 atom stereocenters. The van der Waals surface area contributed by atoms with E-state index < -0.39 is 6.10 Å². The Labute approximate surface area is 139 Å². The normalized spacial score (nSPS) is 55.4. The fraction of sp³-hybridized carbons (Fsp3) is 0.850. The average molecular weight is 318 g/mol. The second-order valence-corrected chi connectivity index (χ2v) is 9.17. The van der Waals surface area contributed by atoms with E-state index in [1.807, 2.05) is 0 Å². The van der Waals surface area contributed by atoms with Gasteiger partial charge in [0, 0.05) is 5.92 Å².